The van der Waals surface area contributed by atoms with Gasteiger partial charge < -0.3 is 78.6 Å². The molecule has 1 heterocycles. The predicted octanol–water partition coefficient (Wildman–Crippen LogP) is -1.81. The molecule has 0 aliphatic rings. The summed E-state index contributed by atoms with van der Waals surface area (Å²) in [5.41, 5.74) is 3.98. The Bertz CT molecular complexity index is 1350. The van der Waals surface area contributed by atoms with Crippen molar-refractivity contribution in [1.29, 1.82) is 0 Å². The number of quaternary nitrogens is 3. The van der Waals surface area contributed by atoms with E-state index in [9.17, 15) is 0 Å². The molecule has 0 N–H and O–H groups in total. The third-order valence-corrected chi connectivity index (χ3v) is 11.1. The second-order valence-electron chi connectivity index (χ2n) is 13.8. The molecule has 4 aromatic rings. The lowest BCUT2D eigenvalue weighted by Crippen LogP contribution is -3.00. The number of hydrogen-bond acceptors (Lipinski definition) is 6. The minimum Gasteiger partial charge on any atom is -1.00 e. The molecule has 12 heteroatoms. The van der Waals surface area contributed by atoms with E-state index in [4.69, 9.17) is 14.2 Å². The summed E-state index contributed by atoms with van der Waals surface area (Å²) < 4.78 is 21.6. The molecular formula is C42H63Br3N6O3. The minimum absolute atomic E-state index is 0. The highest BCUT2D eigenvalue weighted by molar-refractivity contribution is 5.15. The Labute approximate surface area is 357 Å². The number of hydrogen-bond donors (Lipinski definition) is 0. The van der Waals surface area contributed by atoms with Crippen molar-refractivity contribution in [1.82, 2.24) is 15.0 Å². The van der Waals surface area contributed by atoms with Crippen molar-refractivity contribution >= 4 is 0 Å². The quantitative estimate of drug-likeness (QED) is 0.0774. The summed E-state index contributed by atoms with van der Waals surface area (Å²) in [4.78, 5) is 13.9. The predicted molar refractivity (Wildman–Crippen MR) is 205 cm³/mol. The smallest absolute Gasteiger partial charge is 0.326 e. The maximum absolute atomic E-state index is 6.28. The number of halogens is 3. The van der Waals surface area contributed by atoms with Crippen LogP contribution in [0.3, 0.4) is 0 Å². The summed E-state index contributed by atoms with van der Waals surface area (Å²) >= 11 is 0. The van der Waals surface area contributed by atoms with Crippen molar-refractivity contribution in [2.45, 2.75) is 61.2 Å². The lowest BCUT2D eigenvalue weighted by atomic mass is 10.2. The zero-order valence-electron chi connectivity index (χ0n) is 33.3. The molecule has 4 rings (SSSR count). The molecule has 0 spiro atoms. The van der Waals surface area contributed by atoms with Crippen molar-refractivity contribution < 1.29 is 78.6 Å². The second kappa shape index (κ2) is 25.5. The molecule has 0 radical (unpaired) electrons. The van der Waals surface area contributed by atoms with Crippen molar-refractivity contribution in [3.05, 3.63) is 108 Å². The van der Waals surface area contributed by atoms with E-state index in [-0.39, 0.29) is 69.0 Å². The largest absolute Gasteiger partial charge is 1.00 e. The number of likely N-dealkylation sites (N-methyl/N-ethyl adjacent to an activating group) is 3. The second-order valence-corrected chi connectivity index (χ2v) is 13.8. The van der Waals surface area contributed by atoms with Gasteiger partial charge in [-0.1, -0.05) is 91.0 Å². The van der Waals surface area contributed by atoms with Gasteiger partial charge in [0.2, 0.25) is 0 Å². The molecule has 0 aliphatic heterocycles. The first-order valence-electron chi connectivity index (χ1n) is 19.2. The SMILES string of the molecule is CC[N+](CC)(CCOc1nc(OCC[N+](CC)(CC)Cc2ccccc2)nc(OCC[N+](CC)(CC)Cc2ccccc2)n1)Cc1ccccc1.[Br-].[Br-].[Br-]. The monoisotopic (exact) mass is 936 g/mol. The fourth-order valence-electron chi connectivity index (χ4n) is 6.95. The summed E-state index contributed by atoms with van der Waals surface area (Å²) in [6.07, 6.45) is 0. The molecule has 0 saturated carbocycles. The van der Waals surface area contributed by atoms with Crippen LogP contribution in [0.2, 0.25) is 0 Å². The lowest BCUT2D eigenvalue weighted by Gasteiger charge is -2.37. The Hall–Kier alpha value is -2.61. The van der Waals surface area contributed by atoms with E-state index in [1.807, 2.05) is 0 Å². The zero-order chi connectivity index (χ0) is 36.4. The molecule has 54 heavy (non-hydrogen) atoms. The highest BCUT2D eigenvalue weighted by Crippen LogP contribution is 2.20. The van der Waals surface area contributed by atoms with Crippen LogP contribution in [0.25, 0.3) is 0 Å². The highest BCUT2D eigenvalue weighted by atomic mass is 79.9. The molecule has 0 aliphatic carbocycles. The molecular weight excluding hydrogens is 876 g/mol. The summed E-state index contributed by atoms with van der Waals surface area (Å²) in [6, 6.07) is 32.8. The molecule has 1 aromatic heterocycles. The number of rotatable bonds is 24. The van der Waals surface area contributed by atoms with Crippen LogP contribution in [-0.4, -0.2) is 107 Å². The van der Waals surface area contributed by atoms with Gasteiger partial charge in [0, 0.05) is 16.7 Å². The number of benzene rings is 3. The minimum atomic E-state index is 0. The molecule has 0 fully saturated rings. The van der Waals surface area contributed by atoms with Crippen LogP contribution >= 0.6 is 0 Å². The van der Waals surface area contributed by atoms with E-state index in [1.165, 1.54) is 16.7 Å². The van der Waals surface area contributed by atoms with Gasteiger partial charge in [0.1, 0.15) is 59.1 Å². The highest BCUT2D eigenvalue weighted by Gasteiger charge is 2.27. The Morgan fingerprint density at radius 1 is 0.370 bits per heavy atom. The Morgan fingerprint density at radius 3 is 0.796 bits per heavy atom. The molecule has 9 nitrogen and oxygen atoms in total. The van der Waals surface area contributed by atoms with Gasteiger partial charge in [-0.15, -0.1) is 15.0 Å². The van der Waals surface area contributed by atoms with Gasteiger partial charge in [0.15, 0.2) is 0 Å². The molecule has 300 valence electrons. The molecule has 0 saturated heterocycles. The van der Waals surface area contributed by atoms with Crippen molar-refractivity contribution in [3.63, 3.8) is 0 Å². The van der Waals surface area contributed by atoms with Crippen LogP contribution in [0.1, 0.15) is 58.2 Å². The molecule has 0 atom stereocenters. The summed E-state index contributed by atoms with van der Waals surface area (Å²) in [5.74, 6) is 0. The van der Waals surface area contributed by atoms with Gasteiger partial charge in [-0.25, -0.2) is 0 Å². The first-order valence-corrected chi connectivity index (χ1v) is 19.2. The zero-order valence-corrected chi connectivity index (χ0v) is 38.1. The Kier molecular flexibility index (Phi) is 23.4. The normalized spacial score (nSPS) is 11.4. The van der Waals surface area contributed by atoms with E-state index in [0.29, 0.717) is 19.8 Å². The van der Waals surface area contributed by atoms with Crippen LogP contribution in [0.4, 0.5) is 0 Å². The van der Waals surface area contributed by atoms with Gasteiger partial charge in [0.05, 0.1) is 39.3 Å². The summed E-state index contributed by atoms with van der Waals surface area (Å²) in [6.45, 7) is 26.3. The fraction of sp³-hybridized carbons (Fsp3) is 0.500. The third-order valence-electron chi connectivity index (χ3n) is 11.1. The molecule has 0 bridgehead atoms. The van der Waals surface area contributed by atoms with Crippen LogP contribution < -0.4 is 65.2 Å². The lowest BCUT2D eigenvalue weighted by molar-refractivity contribution is -0.937. The van der Waals surface area contributed by atoms with Gasteiger partial charge in [-0.05, 0) is 41.5 Å². The van der Waals surface area contributed by atoms with Gasteiger partial charge in [-0.3, -0.25) is 0 Å². The van der Waals surface area contributed by atoms with Crippen molar-refractivity contribution in [2.75, 3.05) is 78.7 Å². The molecule has 3 aromatic carbocycles. The first-order chi connectivity index (χ1) is 24.8. The average Bonchev–Trinajstić information content (AvgIpc) is 3.18. The molecule has 0 amide bonds. The summed E-state index contributed by atoms with van der Waals surface area (Å²) in [7, 11) is 0. The topological polar surface area (TPSA) is 66.4 Å². The van der Waals surface area contributed by atoms with Gasteiger partial charge >= 0.3 is 18.0 Å². The van der Waals surface area contributed by atoms with E-state index in [2.05, 4.69) is 147 Å². The van der Waals surface area contributed by atoms with Crippen LogP contribution in [0, 0.1) is 0 Å². The Balaban J connectivity index is 0.00000486. The van der Waals surface area contributed by atoms with E-state index in [0.717, 1.165) is 92.0 Å². The van der Waals surface area contributed by atoms with Crippen LogP contribution in [0.15, 0.2) is 91.0 Å². The molecule has 0 unspecified atom stereocenters. The third kappa shape index (κ3) is 15.1. The maximum atomic E-state index is 6.28. The maximum Gasteiger partial charge on any atom is 0.326 e. The van der Waals surface area contributed by atoms with Gasteiger partial charge in [-0.2, -0.15) is 0 Å². The number of nitrogens with zero attached hydrogens (tertiary/aromatic N) is 6. The van der Waals surface area contributed by atoms with Crippen molar-refractivity contribution in [2.24, 2.45) is 0 Å². The van der Waals surface area contributed by atoms with E-state index < -0.39 is 0 Å². The Morgan fingerprint density at radius 2 is 0.593 bits per heavy atom. The number of aromatic nitrogens is 3. The number of ether oxygens (including phenoxy) is 3. The average molecular weight is 940 g/mol. The first kappa shape index (κ1) is 49.4. The standard InChI is InChI=1S/C42H63N6O3.3BrH/c1-7-46(8-2,34-37-22-16-13-17-23-37)28-31-49-40-43-41(50-32-29-47(9-3,10-4)35-38-24-18-14-19-25-38)45-42(44-40)51-33-30-48(11-5,12-6)36-39-26-20-15-21-27-39;;;/h13-27H,7-12,28-36H2,1-6H3;3*1H/q+3;;;/p-3. The van der Waals surface area contributed by atoms with E-state index in [1.54, 1.807) is 0 Å². The van der Waals surface area contributed by atoms with Crippen molar-refractivity contribution in [3.8, 4) is 18.0 Å². The van der Waals surface area contributed by atoms with Crippen LogP contribution in [0.5, 0.6) is 18.0 Å². The summed E-state index contributed by atoms with van der Waals surface area (Å²) in [5, 5.41) is 0. The van der Waals surface area contributed by atoms with Crippen LogP contribution in [-0.2, 0) is 19.6 Å². The van der Waals surface area contributed by atoms with E-state index >= 15 is 0 Å². The van der Waals surface area contributed by atoms with Gasteiger partial charge in [0.25, 0.3) is 0 Å². The fourth-order valence-corrected chi connectivity index (χ4v) is 6.95.